The topological polar surface area (TPSA) is 46.9 Å². The van der Waals surface area contributed by atoms with Crippen LogP contribution in [0.2, 0.25) is 0 Å². The Morgan fingerprint density at radius 2 is 2.33 bits per heavy atom. The molecule has 0 aliphatic heterocycles. The number of carbonyl (C=O) groups is 1. The Balaban J connectivity index is 1.37. The number of fused-ring (bicyclic) bond motifs is 2. The molecule has 0 aromatic carbocycles. The Kier molecular flexibility index (Phi) is 3.35. The van der Waals surface area contributed by atoms with Crippen molar-refractivity contribution in [3.05, 3.63) is 18.7 Å². The zero-order valence-electron chi connectivity index (χ0n) is 10.7. The lowest BCUT2D eigenvalue weighted by molar-refractivity contribution is -0.126. The number of imidazole rings is 1. The van der Waals surface area contributed by atoms with E-state index < -0.39 is 0 Å². The van der Waals surface area contributed by atoms with Crippen LogP contribution in [-0.4, -0.2) is 22.0 Å². The van der Waals surface area contributed by atoms with Crippen LogP contribution in [0.3, 0.4) is 0 Å². The Labute approximate surface area is 108 Å². The van der Waals surface area contributed by atoms with Gasteiger partial charge >= 0.3 is 0 Å². The molecule has 18 heavy (non-hydrogen) atoms. The van der Waals surface area contributed by atoms with E-state index in [-0.39, 0.29) is 0 Å². The number of carbonyl (C=O) groups excluding carboxylic acids is 1. The number of nitrogens with zero attached hydrogens (tertiary/aromatic N) is 2. The lowest BCUT2D eigenvalue weighted by Gasteiger charge is -2.20. The minimum absolute atomic E-state index is 0.299. The number of amides is 1. The Hall–Kier alpha value is -1.32. The van der Waals surface area contributed by atoms with Gasteiger partial charge in [-0.2, -0.15) is 0 Å². The van der Waals surface area contributed by atoms with Gasteiger partial charge in [0.1, 0.15) is 0 Å². The minimum Gasteiger partial charge on any atom is -0.356 e. The van der Waals surface area contributed by atoms with Gasteiger partial charge in [-0.05, 0) is 37.5 Å². The van der Waals surface area contributed by atoms with E-state index in [1.54, 1.807) is 6.20 Å². The molecule has 2 fully saturated rings. The van der Waals surface area contributed by atoms with Gasteiger partial charge in [0.05, 0.1) is 6.33 Å². The second-order valence-corrected chi connectivity index (χ2v) is 5.73. The van der Waals surface area contributed by atoms with Crippen LogP contribution in [0.5, 0.6) is 0 Å². The molecule has 0 saturated heterocycles. The smallest absolute Gasteiger partial charge is 0.223 e. The van der Waals surface area contributed by atoms with E-state index in [2.05, 4.69) is 10.3 Å². The summed E-state index contributed by atoms with van der Waals surface area (Å²) >= 11 is 0. The van der Waals surface area contributed by atoms with E-state index in [1.807, 2.05) is 17.1 Å². The fourth-order valence-corrected chi connectivity index (χ4v) is 3.59. The molecule has 0 spiro atoms. The van der Waals surface area contributed by atoms with Crippen LogP contribution in [0.25, 0.3) is 0 Å². The van der Waals surface area contributed by atoms with Crippen molar-refractivity contribution in [2.24, 2.45) is 17.8 Å². The van der Waals surface area contributed by atoms with Gasteiger partial charge in [-0.25, -0.2) is 4.98 Å². The first-order valence-corrected chi connectivity index (χ1v) is 7.06. The lowest BCUT2D eigenvalue weighted by atomic mass is 9.88. The van der Waals surface area contributed by atoms with Gasteiger partial charge in [-0.1, -0.05) is 6.42 Å². The third-order valence-corrected chi connectivity index (χ3v) is 4.53. The van der Waals surface area contributed by atoms with E-state index in [0.717, 1.165) is 31.8 Å². The summed E-state index contributed by atoms with van der Waals surface area (Å²) in [5.74, 6) is 2.14. The van der Waals surface area contributed by atoms with Crippen LogP contribution >= 0.6 is 0 Å². The Morgan fingerprint density at radius 1 is 1.39 bits per heavy atom. The number of aryl methyl sites for hydroxylation is 1. The third kappa shape index (κ3) is 2.42. The fraction of sp³-hybridized carbons (Fsp3) is 0.714. The van der Waals surface area contributed by atoms with Crippen molar-refractivity contribution in [3.8, 4) is 0 Å². The minimum atomic E-state index is 0.299. The molecule has 4 heteroatoms. The zero-order chi connectivity index (χ0) is 12.4. The van der Waals surface area contributed by atoms with Crippen LogP contribution in [0, 0.1) is 17.8 Å². The molecule has 2 aliphatic rings. The molecule has 2 aliphatic carbocycles. The average Bonchev–Trinajstić information content (AvgIpc) is 3.10. The van der Waals surface area contributed by atoms with Gasteiger partial charge in [0.15, 0.2) is 0 Å². The molecule has 3 atom stereocenters. The summed E-state index contributed by atoms with van der Waals surface area (Å²) in [6, 6.07) is 0. The molecule has 1 aromatic rings. The Morgan fingerprint density at radius 3 is 3.00 bits per heavy atom. The number of hydrogen-bond donors (Lipinski definition) is 1. The van der Waals surface area contributed by atoms with E-state index in [1.165, 1.54) is 19.3 Å². The maximum atomic E-state index is 12.1. The summed E-state index contributed by atoms with van der Waals surface area (Å²) in [5, 5.41) is 3.10. The summed E-state index contributed by atoms with van der Waals surface area (Å²) in [4.78, 5) is 16.1. The first-order valence-electron chi connectivity index (χ1n) is 7.06. The predicted molar refractivity (Wildman–Crippen MR) is 68.8 cm³/mol. The second-order valence-electron chi connectivity index (χ2n) is 5.73. The number of rotatable bonds is 5. The quantitative estimate of drug-likeness (QED) is 0.807. The molecule has 98 valence electrons. The van der Waals surface area contributed by atoms with Gasteiger partial charge in [0, 0.05) is 31.4 Å². The maximum absolute atomic E-state index is 12.1. The number of nitrogens with one attached hydrogen (secondary N) is 1. The summed E-state index contributed by atoms with van der Waals surface area (Å²) in [6.07, 6.45) is 11.6. The van der Waals surface area contributed by atoms with Crippen LogP contribution in [-0.2, 0) is 11.3 Å². The van der Waals surface area contributed by atoms with Crippen LogP contribution in [0.4, 0.5) is 0 Å². The SMILES string of the molecule is O=C(NCCCn1ccnc1)[C@@H]1C[C@@H]2CC[C@@H]1C2. The van der Waals surface area contributed by atoms with Crippen LogP contribution in [0.15, 0.2) is 18.7 Å². The van der Waals surface area contributed by atoms with Crippen LogP contribution < -0.4 is 5.32 Å². The van der Waals surface area contributed by atoms with Crippen molar-refractivity contribution in [2.45, 2.75) is 38.6 Å². The second kappa shape index (κ2) is 5.12. The Bertz CT molecular complexity index is 401. The standard InChI is InChI=1S/C14H21N3O/c18-14(13-9-11-2-3-12(13)8-11)16-4-1-6-17-7-5-15-10-17/h5,7,10-13H,1-4,6,8-9H2,(H,16,18)/t11-,12-,13-/m1/s1. The fourth-order valence-electron chi connectivity index (χ4n) is 3.59. The molecule has 1 amide bonds. The first kappa shape index (κ1) is 11.8. The number of aromatic nitrogens is 2. The van der Waals surface area contributed by atoms with Crippen molar-refractivity contribution in [2.75, 3.05) is 6.54 Å². The van der Waals surface area contributed by atoms with Crippen molar-refractivity contribution in [1.82, 2.24) is 14.9 Å². The van der Waals surface area contributed by atoms with Crippen molar-refractivity contribution in [1.29, 1.82) is 0 Å². The number of hydrogen-bond acceptors (Lipinski definition) is 2. The van der Waals surface area contributed by atoms with E-state index in [0.29, 0.717) is 17.7 Å². The van der Waals surface area contributed by atoms with Crippen molar-refractivity contribution >= 4 is 5.91 Å². The van der Waals surface area contributed by atoms with Gasteiger partial charge in [0.2, 0.25) is 5.91 Å². The monoisotopic (exact) mass is 247 g/mol. The highest BCUT2D eigenvalue weighted by atomic mass is 16.1. The summed E-state index contributed by atoms with van der Waals surface area (Å²) in [5.41, 5.74) is 0. The molecular weight excluding hydrogens is 226 g/mol. The van der Waals surface area contributed by atoms with Crippen molar-refractivity contribution in [3.63, 3.8) is 0 Å². The van der Waals surface area contributed by atoms with Gasteiger partial charge in [-0.15, -0.1) is 0 Å². The normalized spacial score (nSPS) is 29.7. The first-order chi connectivity index (χ1) is 8.83. The van der Waals surface area contributed by atoms with Crippen molar-refractivity contribution < 1.29 is 4.79 Å². The van der Waals surface area contributed by atoms with Gasteiger partial charge < -0.3 is 9.88 Å². The molecule has 2 bridgehead atoms. The third-order valence-electron chi connectivity index (χ3n) is 4.53. The van der Waals surface area contributed by atoms with E-state index in [9.17, 15) is 4.79 Å². The molecule has 4 nitrogen and oxygen atoms in total. The molecule has 0 unspecified atom stereocenters. The molecule has 3 rings (SSSR count). The molecule has 1 aromatic heterocycles. The zero-order valence-corrected chi connectivity index (χ0v) is 10.7. The highest BCUT2D eigenvalue weighted by Gasteiger charge is 2.42. The van der Waals surface area contributed by atoms with E-state index in [4.69, 9.17) is 0 Å². The molecule has 0 radical (unpaired) electrons. The highest BCUT2D eigenvalue weighted by Crippen LogP contribution is 2.48. The lowest BCUT2D eigenvalue weighted by Crippen LogP contribution is -2.34. The summed E-state index contributed by atoms with van der Waals surface area (Å²) in [6.45, 7) is 1.71. The van der Waals surface area contributed by atoms with E-state index >= 15 is 0 Å². The molecule has 1 N–H and O–H groups in total. The maximum Gasteiger partial charge on any atom is 0.223 e. The average molecular weight is 247 g/mol. The van der Waals surface area contributed by atoms with Gasteiger partial charge in [-0.3, -0.25) is 4.79 Å². The molecule has 1 heterocycles. The predicted octanol–water partition coefficient (Wildman–Crippen LogP) is 1.83. The summed E-state index contributed by atoms with van der Waals surface area (Å²) < 4.78 is 2.05. The highest BCUT2D eigenvalue weighted by molar-refractivity contribution is 5.79. The van der Waals surface area contributed by atoms with Gasteiger partial charge in [0.25, 0.3) is 0 Å². The summed E-state index contributed by atoms with van der Waals surface area (Å²) in [7, 11) is 0. The van der Waals surface area contributed by atoms with Crippen LogP contribution in [0.1, 0.15) is 32.1 Å². The molecular formula is C14H21N3O. The molecule has 2 saturated carbocycles. The largest absolute Gasteiger partial charge is 0.356 e.